The predicted molar refractivity (Wildman–Crippen MR) is 114 cm³/mol. The third kappa shape index (κ3) is 3.81. The molecule has 4 rings (SSSR count). The number of benzene rings is 3. The summed E-state index contributed by atoms with van der Waals surface area (Å²) in [5, 5.41) is 0.0873. The van der Waals surface area contributed by atoms with E-state index in [1.807, 2.05) is 54.6 Å². The van der Waals surface area contributed by atoms with E-state index in [9.17, 15) is 4.21 Å². The first kappa shape index (κ1) is 19.1. The normalized spacial score (nSPS) is 16.6. The zero-order valence-corrected chi connectivity index (χ0v) is 16.6. The van der Waals surface area contributed by atoms with Crippen LogP contribution in [0.5, 0.6) is 0 Å². The van der Waals surface area contributed by atoms with Crippen molar-refractivity contribution in [1.82, 2.24) is 4.72 Å². The van der Waals surface area contributed by atoms with Crippen molar-refractivity contribution in [1.29, 1.82) is 0 Å². The Morgan fingerprint density at radius 2 is 1.11 bits per heavy atom. The van der Waals surface area contributed by atoms with Crippen LogP contribution < -0.4 is 4.72 Å². The van der Waals surface area contributed by atoms with Crippen molar-refractivity contribution in [2.75, 3.05) is 13.2 Å². The third-order valence-electron chi connectivity index (χ3n) is 5.35. The summed E-state index contributed by atoms with van der Waals surface area (Å²) in [4.78, 5) is 0. The minimum absolute atomic E-state index is 0.0873. The van der Waals surface area contributed by atoms with Crippen LogP contribution in [-0.4, -0.2) is 22.7 Å². The smallest absolute Gasteiger partial charge is 0.106 e. The fourth-order valence-electron chi connectivity index (χ4n) is 3.87. The van der Waals surface area contributed by atoms with Crippen LogP contribution >= 0.6 is 0 Å². The van der Waals surface area contributed by atoms with E-state index in [2.05, 4.69) is 41.1 Å². The van der Waals surface area contributed by atoms with Gasteiger partial charge < -0.3 is 4.74 Å². The van der Waals surface area contributed by atoms with Gasteiger partial charge in [-0.15, -0.1) is 0 Å². The Hall–Kier alpha value is -2.27. The summed E-state index contributed by atoms with van der Waals surface area (Å²) in [6.07, 6.45) is 1.63. The molecule has 28 heavy (non-hydrogen) atoms. The maximum absolute atomic E-state index is 13.5. The standard InChI is InChI=1S/C24H25NO2S/c26-28(23-16-18-27-19-17-23)25-24(20-10-4-1-5-11-20,21-12-6-2-7-13-21)22-14-8-3-9-15-22/h1-15,23,25H,16-19H2. The molecule has 144 valence electrons. The molecule has 1 unspecified atom stereocenters. The first-order chi connectivity index (χ1) is 13.8. The van der Waals surface area contributed by atoms with Gasteiger partial charge in [-0.05, 0) is 29.5 Å². The molecule has 1 aliphatic rings. The molecule has 0 saturated carbocycles. The highest BCUT2D eigenvalue weighted by Crippen LogP contribution is 2.37. The summed E-state index contributed by atoms with van der Waals surface area (Å²) in [6.45, 7) is 1.35. The average Bonchev–Trinajstić information content (AvgIpc) is 2.80. The highest BCUT2D eigenvalue weighted by atomic mass is 32.2. The summed E-state index contributed by atoms with van der Waals surface area (Å²) in [7, 11) is -1.21. The van der Waals surface area contributed by atoms with Gasteiger partial charge in [0.05, 0.1) is 16.2 Å². The third-order valence-corrected chi connectivity index (χ3v) is 6.93. The van der Waals surface area contributed by atoms with Gasteiger partial charge in [0.15, 0.2) is 0 Å². The lowest BCUT2D eigenvalue weighted by Crippen LogP contribution is -2.48. The molecular weight excluding hydrogens is 366 g/mol. The minimum atomic E-state index is -1.21. The van der Waals surface area contributed by atoms with E-state index >= 15 is 0 Å². The van der Waals surface area contributed by atoms with E-state index in [-0.39, 0.29) is 5.25 Å². The van der Waals surface area contributed by atoms with Crippen LogP contribution in [0.25, 0.3) is 0 Å². The van der Waals surface area contributed by atoms with E-state index in [0.29, 0.717) is 13.2 Å². The average molecular weight is 392 g/mol. The summed E-state index contributed by atoms with van der Waals surface area (Å²) < 4.78 is 22.5. The van der Waals surface area contributed by atoms with E-state index in [1.165, 1.54) is 0 Å². The van der Waals surface area contributed by atoms with Gasteiger partial charge in [-0.2, -0.15) is 0 Å². The SMILES string of the molecule is O=S(NC(c1ccccc1)(c1ccccc1)c1ccccc1)C1CCOCC1. The van der Waals surface area contributed by atoms with Gasteiger partial charge in [0.1, 0.15) is 5.54 Å². The molecule has 0 bridgehead atoms. The molecule has 1 heterocycles. The lowest BCUT2D eigenvalue weighted by Gasteiger charge is -2.38. The molecule has 3 aromatic carbocycles. The fourth-order valence-corrected chi connectivity index (χ4v) is 5.31. The van der Waals surface area contributed by atoms with Crippen molar-refractivity contribution in [3.05, 3.63) is 108 Å². The summed E-state index contributed by atoms with van der Waals surface area (Å²) in [5.74, 6) is 0. The van der Waals surface area contributed by atoms with Crippen LogP contribution in [-0.2, 0) is 21.3 Å². The van der Waals surface area contributed by atoms with Crippen LogP contribution in [0.15, 0.2) is 91.0 Å². The van der Waals surface area contributed by atoms with Gasteiger partial charge >= 0.3 is 0 Å². The molecule has 0 aliphatic carbocycles. The van der Waals surface area contributed by atoms with E-state index < -0.39 is 16.5 Å². The van der Waals surface area contributed by atoms with Gasteiger partial charge in [-0.3, -0.25) is 0 Å². The molecule has 1 atom stereocenters. The number of rotatable bonds is 6. The summed E-state index contributed by atoms with van der Waals surface area (Å²) >= 11 is 0. The highest BCUT2D eigenvalue weighted by molar-refractivity contribution is 7.83. The van der Waals surface area contributed by atoms with Gasteiger partial charge in [0, 0.05) is 13.2 Å². The van der Waals surface area contributed by atoms with Crippen molar-refractivity contribution in [3.63, 3.8) is 0 Å². The maximum atomic E-state index is 13.5. The van der Waals surface area contributed by atoms with Crippen LogP contribution in [0, 0.1) is 0 Å². The van der Waals surface area contributed by atoms with Crippen LogP contribution in [0.2, 0.25) is 0 Å². The molecule has 0 amide bonds. The lowest BCUT2D eigenvalue weighted by molar-refractivity contribution is 0.0989. The van der Waals surface area contributed by atoms with E-state index in [1.54, 1.807) is 0 Å². The van der Waals surface area contributed by atoms with Crippen molar-refractivity contribution < 1.29 is 8.95 Å². The zero-order chi connectivity index (χ0) is 19.2. The van der Waals surface area contributed by atoms with Crippen LogP contribution in [0.3, 0.4) is 0 Å². The van der Waals surface area contributed by atoms with Crippen LogP contribution in [0.1, 0.15) is 29.5 Å². The molecule has 0 aromatic heterocycles. The molecule has 1 N–H and O–H groups in total. The molecule has 1 fully saturated rings. The topological polar surface area (TPSA) is 38.3 Å². The van der Waals surface area contributed by atoms with Crippen LogP contribution in [0.4, 0.5) is 0 Å². The first-order valence-electron chi connectivity index (χ1n) is 9.73. The molecular formula is C24H25NO2S. The van der Waals surface area contributed by atoms with Gasteiger partial charge in [0.2, 0.25) is 0 Å². The predicted octanol–water partition coefficient (Wildman–Crippen LogP) is 4.41. The molecule has 3 nitrogen and oxygen atoms in total. The Morgan fingerprint density at radius 3 is 1.50 bits per heavy atom. The summed E-state index contributed by atoms with van der Waals surface area (Å²) in [6, 6.07) is 30.9. The quantitative estimate of drug-likeness (QED) is 0.632. The lowest BCUT2D eigenvalue weighted by atomic mass is 9.78. The number of hydrogen-bond donors (Lipinski definition) is 1. The molecule has 3 aromatic rings. The second-order valence-electron chi connectivity index (χ2n) is 7.06. The molecule has 1 saturated heterocycles. The molecule has 4 heteroatoms. The first-order valence-corrected chi connectivity index (χ1v) is 10.9. The van der Waals surface area contributed by atoms with Crippen molar-refractivity contribution >= 4 is 11.0 Å². The van der Waals surface area contributed by atoms with Gasteiger partial charge in [-0.1, -0.05) is 91.0 Å². The Labute approximate surface area is 169 Å². The van der Waals surface area contributed by atoms with Gasteiger partial charge in [0.25, 0.3) is 0 Å². The number of nitrogens with one attached hydrogen (secondary N) is 1. The molecule has 1 aliphatic heterocycles. The second-order valence-corrected chi connectivity index (χ2v) is 8.52. The van der Waals surface area contributed by atoms with E-state index in [4.69, 9.17) is 4.74 Å². The van der Waals surface area contributed by atoms with Crippen molar-refractivity contribution in [3.8, 4) is 0 Å². The van der Waals surface area contributed by atoms with Crippen molar-refractivity contribution in [2.24, 2.45) is 0 Å². The Balaban J connectivity index is 1.87. The molecule has 0 spiro atoms. The second kappa shape index (κ2) is 8.82. The highest BCUT2D eigenvalue weighted by Gasteiger charge is 2.39. The molecule has 0 radical (unpaired) electrons. The Bertz CT molecular complexity index is 797. The monoisotopic (exact) mass is 391 g/mol. The maximum Gasteiger partial charge on any atom is 0.106 e. The van der Waals surface area contributed by atoms with E-state index in [0.717, 1.165) is 29.5 Å². The minimum Gasteiger partial charge on any atom is -0.381 e. The Kier molecular flexibility index (Phi) is 6.01. The number of ether oxygens (including phenoxy) is 1. The summed E-state index contributed by atoms with van der Waals surface area (Å²) in [5.41, 5.74) is 2.54. The number of hydrogen-bond acceptors (Lipinski definition) is 2. The largest absolute Gasteiger partial charge is 0.381 e. The zero-order valence-electron chi connectivity index (χ0n) is 15.8. The van der Waals surface area contributed by atoms with Gasteiger partial charge in [-0.25, -0.2) is 8.93 Å². The fraction of sp³-hybridized carbons (Fsp3) is 0.250. The van der Waals surface area contributed by atoms with Crippen molar-refractivity contribution in [2.45, 2.75) is 23.6 Å². The Morgan fingerprint density at radius 1 is 0.714 bits per heavy atom.